The van der Waals surface area contributed by atoms with Gasteiger partial charge in [0.1, 0.15) is 5.75 Å². The Morgan fingerprint density at radius 2 is 2.38 bits per heavy atom. The maximum atomic E-state index is 5.89. The van der Waals surface area contributed by atoms with Crippen molar-refractivity contribution in [2.75, 3.05) is 20.3 Å². The molecule has 0 spiro atoms. The lowest BCUT2D eigenvalue weighted by Gasteiger charge is -2.37. The molecule has 1 N–H and O–H groups in total. The molecule has 3 rings (SSSR count). The third-order valence-electron chi connectivity index (χ3n) is 3.56. The number of rotatable bonds is 1. The number of morpholine rings is 1. The van der Waals surface area contributed by atoms with Gasteiger partial charge in [-0.05, 0) is 36.1 Å². The average Bonchev–Trinajstić information content (AvgIpc) is 2.38. The number of benzene rings is 1. The summed E-state index contributed by atoms with van der Waals surface area (Å²) in [5.74, 6) is 0.925. The fraction of sp³-hybridized carbons (Fsp3) is 0.538. The van der Waals surface area contributed by atoms with Crippen LogP contribution >= 0.6 is 0 Å². The summed E-state index contributed by atoms with van der Waals surface area (Å²) in [7, 11) is 1.71. The van der Waals surface area contributed by atoms with Gasteiger partial charge in [-0.1, -0.05) is 6.07 Å². The second-order valence-electron chi connectivity index (χ2n) is 4.46. The van der Waals surface area contributed by atoms with E-state index in [0.29, 0.717) is 6.04 Å². The highest BCUT2D eigenvalue weighted by Crippen LogP contribution is 2.36. The van der Waals surface area contributed by atoms with E-state index in [0.717, 1.165) is 25.3 Å². The first-order chi connectivity index (χ1) is 7.88. The molecule has 16 heavy (non-hydrogen) atoms. The quantitative estimate of drug-likeness (QED) is 0.779. The standard InChI is InChI=1S/C13H17NO2/c1-15-10-4-2-9-3-5-12-13(11(9)8-10)16-7-6-14-12/h2,4,8,12-14H,3,5-7H2,1H3/t12-,13?/m1/s1. The van der Waals surface area contributed by atoms with Crippen LogP contribution < -0.4 is 10.1 Å². The van der Waals surface area contributed by atoms with Gasteiger partial charge < -0.3 is 14.8 Å². The van der Waals surface area contributed by atoms with Crippen LogP contribution in [0, 0.1) is 0 Å². The van der Waals surface area contributed by atoms with Crippen molar-refractivity contribution in [2.24, 2.45) is 0 Å². The van der Waals surface area contributed by atoms with E-state index in [1.54, 1.807) is 7.11 Å². The molecule has 1 unspecified atom stereocenters. The Morgan fingerprint density at radius 3 is 3.25 bits per heavy atom. The minimum atomic E-state index is 0.215. The van der Waals surface area contributed by atoms with Gasteiger partial charge in [-0.15, -0.1) is 0 Å². The van der Waals surface area contributed by atoms with Gasteiger partial charge in [-0.2, -0.15) is 0 Å². The molecular weight excluding hydrogens is 202 g/mol. The largest absolute Gasteiger partial charge is 0.497 e. The van der Waals surface area contributed by atoms with Crippen LogP contribution in [-0.2, 0) is 11.2 Å². The van der Waals surface area contributed by atoms with Gasteiger partial charge in [-0.3, -0.25) is 0 Å². The van der Waals surface area contributed by atoms with E-state index in [-0.39, 0.29) is 6.10 Å². The van der Waals surface area contributed by atoms with Crippen LogP contribution in [0.1, 0.15) is 23.7 Å². The topological polar surface area (TPSA) is 30.5 Å². The highest BCUT2D eigenvalue weighted by Gasteiger charge is 2.32. The van der Waals surface area contributed by atoms with Crippen molar-refractivity contribution in [1.82, 2.24) is 5.32 Å². The first-order valence-electron chi connectivity index (χ1n) is 5.90. The van der Waals surface area contributed by atoms with Crippen LogP contribution in [0.2, 0.25) is 0 Å². The van der Waals surface area contributed by atoms with Gasteiger partial charge in [0.05, 0.1) is 19.8 Å². The average molecular weight is 219 g/mol. The number of nitrogens with one attached hydrogen (secondary N) is 1. The molecule has 1 aromatic carbocycles. The molecule has 1 aromatic rings. The Hall–Kier alpha value is -1.06. The zero-order valence-corrected chi connectivity index (χ0v) is 9.53. The molecule has 2 aliphatic rings. The van der Waals surface area contributed by atoms with E-state index >= 15 is 0 Å². The van der Waals surface area contributed by atoms with Crippen LogP contribution in [0.4, 0.5) is 0 Å². The molecule has 1 heterocycles. The molecular formula is C13H17NO2. The minimum Gasteiger partial charge on any atom is -0.497 e. The molecule has 0 saturated carbocycles. The Morgan fingerprint density at radius 1 is 1.44 bits per heavy atom. The molecule has 86 valence electrons. The molecule has 0 amide bonds. The summed E-state index contributed by atoms with van der Waals surface area (Å²) in [4.78, 5) is 0. The highest BCUT2D eigenvalue weighted by molar-refractivity contribution is 5.39. The number of hydrogen-bond donors (Lipinski definition) is 1. The maximum Gasteiger partial charge on any atom is 0.119 e. The summed E-state index contributed by atoms with van der Waals surface area (Å²) in [5, 5.41) is 3.53. The molecule has 1 aliphatic heterocycles. The SMILES string of the molecule is COc1ccc2c(c1)C1OCCN[C@@H]1CC2. The maximum absolute atomic E-state index is 5.89. The van der Waals surface area contributed by atoms with Crippen molar-refractivity contribution in [3.05, 3.63) is 29.3 Å². The Bertz CT molecular complexity index is 392. The van der Waals surface area contributed by atoms with Crippen molar-refractivity contribution in [2.45, 2.75) is 25.0 Å². The molecule has 1 saturated heterocycles. The summed E-state index contributed by atoms with van der Waals surface area (Å²) in [6, 6.07) is 6.81. The Balaban J connectivity index is 1.98. The van der Waals surface area contributed by atoms with Gasteiger partial charge in [-0.25, -0.2) is 0 Å². The number of aryl methyl sites for hydroxylation is 1. The lowest BCUT2D eigenvalue weighted by molar-refractivity contribution is -0.0128. The summed E-state index contributed by atoms with van der Waals surface area (Å²) in [6.07, 6.45) is 2.52. The van der Waals surface area contributed by atoms with E-state index in [1.807, 2.05) is 6.07 Å². The molecule has 1 aliphatic carbocycles. The minimum absolute atomic E-state index is 0.215. The van der Waals surface area contributed by atoms with E-state index in [1.165, 1.54) is 17.5 Å². The van der Waals surface area contributed by atoms with Crippen molar-refractivity contribution < 1.29 is 9.47 Å². The zero-order valence-electron chi connectivity index (χ0n) is 9.53. The highest BCUT2D eigenvalue weighted by atomic mass is 16.5. The third-order valence-corrected chi connectivity index (χ3v) is 3.56. The van der Waals surface area contributed by atoms with Crippen molar-refractivity contribution in [1.29, 1.82) is 0 Å². The van der Waals surface area contributed by atoms with Crippen molar-refractivity contribution in [3.63, 3.8) is 0 Å². The lowest BCUT2D eigenvalue weighted by Crippen LogP contribution is -2.45. The molecule has 0 radical (unpaired) electrons. The molecule has 0 bridgehead atoms. The normalized spacial score (nSPS) is 28.1. The number of hydrogen-bond acceptors (Lipinski definition) is 3. The van der Waals surface area contributed by atoms with E-state index in [2.05, 4.69) is 17.4 Å². The fourth-order valence-corrected chi connectivity index (χ4v) is 2.72. The zero-order chi connectivity index (χ0) is 11.0. The first kappa shape index (κ1) is 10.1. The number of methoxy groups -OCH3 is 1. The van der Waals surface area contributed by atoms with Gasteiger partial charge in [0, 0.05) is 12.6 Å². The summed E-state index contributed by atoms with van der Waals surface area (Å²) in [5.41, 5.74) is 2.72. The van der Waals surface area contributed by atoms with Gasteiger partial charge >= 0.3 is 0 Å². The molecule has 1 fully saturated rings. The van der Waals surface area contributed by atoms with Crippen LogP contribution in [0.15, 0.2) is 18.2 Å². The fourth-order valence-electron chi connectivity index (χ4n) is 2.72. The summed E-state index contributed by atoms with van der Waals surface area (Å²) >= 11 is 0. The Kier molecular flexibility index (Phi) is 2.58. The van der Waals surface area contributed by atoms with Crippen LogP contribution in [0.3, 0.4) is 0 Å². The van der Waals surface area contributed by atoms with E-state index < -0.39 is 0 Å². The predicted molar refractivity (Wildman–Crippen MR) is 61.8 cm³/mol. The van der Waals surface area contributed by atoms with E-state index in [4.69, 9.17) is 9.47 Å². The lowest BCUT2D eigenvalue weighted by atomic mass is 9.85. The molecule has 3 heteroatoms. The summed E-state index contributed by atoms with van der Waals surface area (Å²) in [6.45, 7) is 1.78. The number of ether oxygens (including phenoxy) is 2. The van der Waals surface area contributed by atoms with Gasteiger partial charge in [0.15, 0.2) is 0 Å². The third kappa shape index (κ3) is 1.60. The van der Waals surface area contributed by atoms with Gasteiger partial charge in [0.2, 0.25) is 0 Å². The molecule has 0 aromatic heterocycles. The smallest absolute Gasteiger partial charge is 0.119 e. The summed E-state index contributed by atoms with van der Waals surface area (Å²) < 4.78 is 11.2. The van der Waals surface area contributed by atoms with Crippen LogP contribution in [-0.4, -0.2) is 26.3 Å². The predicted octanol–water partition coefficient (Wildman–Crippen LogP) is 1.67. The van der Waals surface area contributed by atoms with Gasteiger partial charge in [0.25, 0.3) is 0 Å². The van der Waals surface area contributed by atoms with Crippen LogP contribution in [0.5, 0.6) is 5.75 Å². The van der Waals surface area contributed by atoms with Crippen molar-refractivity contribution >= 4 is 0 Å². The van der Waals surface area contributed by atoms with E-state index in [9.17, 15) is 0 Å². The number of fused-ring (bicyclic) bond motifs is 3. The van der Waals surface area contributed by atoms with Crippen LogP contribution in [0.25, 0.3) is 0 Å². The van der Waals surface area contributed by atoms with Crippen molar-refractivity contribution in [3.8, 4) is 5.75 Å². The molecule has 3 nitrogen and oxygen atoms in total. The second-order valence-corrected chi connectivity index (χ2v) is 4.46. The first-order valence-corrected chi connectivity index (χ1v) is 5.90. The second kappa shape index (κ2) is 4.07. The Labute approximate surface area is 95.8 Å². The molecule has 2 atom stereocenters. The monoisotopic (exact) mass is 219 g/mol.